The van der Waals surface area contributed by atoms with Crippen LogP contribution in [0, 0.1) is 6.92 Å². The van der Waals surface area contributed by atoms with Crippen LogP contribution in [0.4, 0.5) is 5.69 Å². The number of amides is 1. The minimum atomic E-state index is -0.453. The van der Waals surface area contributed by atoms with Gasteiger partial charge in [0.05, 0.1) is 11.6 Å². The quantitative estimate of drug-likeness (QED) is 0.464. The molecule has 4 N–H and O–H groups in total. The van der Waals surface area contributed by atoms with Gasteiger partial charge in [0.1, 0.15) is 6.04 Å². The van der Waals surface area contributed by atoms with E-state index in [9.17, 15) is 9.90 Å². The Morgan fingerprint density at radius 3 is 2.92 bits per heavy atom. The molecule has 9 heteroatoms. The van der Waals surface area contributed by atoms with E-state index in [1.165, 1.54) is 9.75 Å². The summed E-state index contributed by atoms with van der Waals surface area (Å²) in [5, 5.41) is 18.5. The number of hydrogen-bond donors (Lipinski definition) is 4. The highest BCUT2D eigenvalue weighted by Crippen LogP contribution is 2.37. The number of hydrogen-bond acceptors (Lipinski definition) is 6. The number of halogens is 1. The first-order valence-electron chi connectivity index (χ1n) is 8.04. The molecule has 4 rings (SSSR count). The van der Waals surface area contributed by atoms with E-state index in [-0.39, 0.29) is 23.5 Å². The molecule has 0 bridgehead atoms. The third-order valence-electron chi connectivity index (χ3n) is 4.27. The molecule has 1 fully saturated rings. The lowest BCUT2D eigenvalue weighted by Gasteiger charge is -2.04. The van der Waals surface area contributed by atoms with Crippen molar-refractivity contribution in [3.8, 4) is 5.88 Å². The van der Waals surface area contributed by atoms with Crippen LogP contribution in [0.5, 0.6) is 5.88 Å². The number of hydrazine groups is 1. The van der Waals surface area contributed by atoms with E-state index in [0.717, 1.165) is 9.99 Å². The maximum Gasteiger partial charge on any atom is 0.282 e. The van der Waals surface area contributed by atoms with Gasteiger partial charge in [-0.05, 0) is 43.7 Å². The number of nitrogens with zero attached hydrogens (tertiary/aromatic N) is 2. The van der Waals surface area contributed by atoms with Gasteiger partial charge in [0, 0.05) is 19.6 Å². The topological polar surface area (TPSA) is 102 Å². The molecule has 2 atom stereocenters. The minimum Gasteiger partial charge on any atom is -0.493 e. The second-order valence-corrected chi connectivity index (χ2v) is 8.36. The van der Waals surface area contributed by atoms with E-state index in [1.54, 1.807) is 11.3 Å². The fourth-order valence-corrected chi connectivity index (χ4v) is 4.25. The molecule has 134 valence electrons. The second kappa shape index (κ2) is 6.92. The Kier molecular flexibility index (Phi) is 4.62. The van der Waals surface area contributed by atoms with Gasteiger partial charge in [0.2, 0.25) is 5.88 Å². The van der Waals surface area contributed by atoms with Crippen LogP contribution < -0.4 is 10.9 Å². The molecule has 7 nitrogen and oxygen atoms in total. The van der Waals surface area contributed by atoms with Crippen LogP contribution in [0.3, 0.4) is 0 Å². The normalized spacial score (nSPS) is 20.4. The molecule has 0 radical (unpaired) electrons. The number of fused-ring (bicyclic) bond motifs is 1. The van der Waals surface area contributed by atoms with Crippen LogP contribution in [0.2, 0.25) is 0 Å². The highest BCUT2D eigenvalue weighted by molar-refractivity contribution is 9.10. The predicted octanol–water partition coefficient (Wildman–Crippen LogP) is 4.22. The average Bonchev–Trinajstić information content (AvgIpc) is 3.31. The van der Waals surface area contributed by atoms with Crippen LogP contribution in [0.25, 0.3) is 10.9 Å². The summed E-state index contributed by atoms with van der Waals surface area (Å²) >= 11 is 5.09. The lowest BCUT2D eigenvalue weighted by atomic mass is 10.1. The van der Waals surface area contributed by atoms with Crippen molar-refractivity contribution in [2.24, 2.45) is 10.2 Å². The Morgan fingerprint density at radius 2 is 2.15 bits per heavy atom. The first-order valence-corrected chi connectivity index (χ1v) is 9.65. The molecule has 0 saturated carbocycles. The van der Waals surface area contributed by atoms with Crippen molar-refractivity contribution < 1.29 is 9.90 Å². The molecule has 1 aliphatic heterocycles. The first-order chi connectivity index (χ1) is 12.5. The van der Waals surface area contributed by atoms with Crippen LogP contribution >= 0.6 is 27.3 Å². The Balaban J connectivity index is 1.50. The summed E-state index contributed by atoms with van der Waals surface area (Å²) in [7, 11) is 0. The number of carbonyl (C=O) groups is 1. The van der Waals surface area contributed by atoms with E-state index in [2.05, 4.69) is 61.1 Å². The zero-order chi connectivity index (χ0) is 18.3. The van der Waals surface area contributed by atoms with Gasteiger partial charge in [0.15, 0.2) is 5.69 Å². The molecule has 2 aromatic heterocycles. The fraction of sp³-hybridized carbons (Fsp3) is 0.235. The van der Waals surface area contributed by atoms with Gasteiger partial charge in [-0.15, -0.1) is 21.6 Å². The molecule has 0 spiro atoms. The van der Waals surface area contributed by atoms with Crippen molar-refractivity contribution >= 4 is 49.8 Å². The summed E-state index contributed by atoms with van der Waals surface area (Å²) in [4.78, 5) is 17.6. The number of aromatic amines is 1. The SMILES string of the molecule is Cc1ccc(C2CC(C(=O)N=Nc3c(O)[nH]c4ccc(Br)cc34)NN2)s1. The first kappa shape index (κ1) is 17.3. The predicted molar refractivity (Wildman–Crippen MR) is 104 cm³/mol. The Labute approximate surface area is 161 Å². The molecule has 2 unspecified atom stereocenters. The maximum absolute atomic E-state index is 12.4. The molecule has 1 aromatic carbocycles. The third-order valence-corrected chi connectivity index (χ3v) is 5.88. The van der Waals surface area contributed by atoms with E-state index < -0.39 is 6.04 Å². The van der Waals surface area contributed by atoms with Crippen molar-refractivity contribution in [1.29, 1.82) is 0 Å². The van der Waals surface area contributed by atoms with Crippen LogP contribution in [-0.4, -0.2) is 22.0 Å². The number of benzene rings is 1. The maximum atomic E-state index is 12.4. The Morgan fingerprint density at radius 1 is 1.31 bits per heavy atom. The smallest absolute Gasteiger partial charge is 0.282 e. The highest BCUT2D eigenvalue weighted by atomic mass is 79.9. The van der Waals surface area contributed by atoms with Crippen molar-refractivity contribution in [3.63, 3.8) is 0 Å². The lowest BCUT2D eigenvalue weighted by molar-refractivity contribution is -0.120. The standard InChI is InChI=1S/C17H16BrN5O2S/c1-8-2-5-14(26-8)12-7-13(21-20-12)16(24)23-22-15-10-6-9(18)3-4-11(10)19-17(15)25/h2-6,12-13,19-21,25H,7H2,1H3. The second-order valence-electron chi connectivity index (χ2n) is 6.13. The van der Waals surface area contributed by atoms with Gasteiger partial charge in [-0.2, -0.15) is 0 Å². The number of aryl methyl sites for hydroxylation is 1. The molecule has 3 aromatic rings. The summed E-state index contributed by atoms with van der Waals surface area (Å²) < 4.78 is 0.850. The van der Waals surface area contributed by atoms with Gasteiger partial charge < -0.3 is 10.1 Å². The van der Waals surface area contributed by atoms with Gasteiger partial charge in [-0.1, -0.05) is 15.9 Å². The number of nitrogens with one attached hydrogen (secondary N) is 3. The van der Waals surface area contributed by atoms with E-state index in [0.29, 0.717) is 11.8 Å². The zero-order valence-electron chi connectivity index (χ0n) is 13.8. The third kappa shape index (κ3) is 3.30. The molecular weight excluding hydrogens is 418 g/mol. The molecule has 3 heterocycles. The number of aromatic nitrogens is 1. The number of H-pyrrole nitrogens is 1. The van der Waals surface area contributed by atoms with Crippen LogP contribution in [-0.2, 0) is 4.79 Å². The van der Waals surface area contributed by atoms with Crippen molar-refractivity contribution in [2.45, 2.75) is 25.4 Å². The summed E-state index contributed by atoms with van der Waals surface area (Å²) in [6.45, 7) is 2.05. The molecule has 26 heavy (non-hydrogen) atoms. The van der Waals surface area contributed by atoms with E-state index in [4.69, 9.17) is 0 Å². The van der Waals surface area contributed by atoms with Gasteiger partial charge in [-0.3, -0.25) is 4.79 Å². The molecule has 1 aliphatic rings. The van der Waals surface area contributed by atoms with Crippen LogP contribution in [0.1, 0.15) is 22.2 Å². The van der Waals surface area contributed by atoms with Gasteiger partial charge in [-0.25, -0.2) is 10.9 Å². The number of thiophene rings is 1. The molecular formula is C17H16BrN5O2S. The summed E-state index contributed by atoms with van der Waals surface area (Å²) in [6, 6.07) is 9.24. The average molecular weight is 434 g/mol. The Bertz CT molecular complexity index is 1010. The molecule has 1 amide bonds. The fourth-order valence-electron chi connectivity index (χ4n) is 2.95. The summed E-state index contributed by atoms with van der Waals surface area (Å²) in [5.74, 6) is -0.490. The zero-order valence-corrected chi connectivity index (χ0v) is 16.2. The largest absolute Gasteiger partial charge is 0.493 e. The van der Waals surface area contributed by atoms with E-state index in [1.807, 2.05) is 18.2 Å². The molecule has 0 aliphatic carbocycles. The highest BCUT2D eigenvalue weighted by Gasteiger charge is 2.31. The summed E-state index contributed by atoms with van der Waals surface area (Å²) in [6.07, 6.45) is 0.600. The Hall–Kier alpha value is -2.07. The van der Waals surface area contributed by atoms with E-state index >= 15 is 0 Å². The van der Waals surface area contributed by atoms with Gasteiger partial charge in [0.25, 0.3) is 5.91 Å². The summed E-state index contributed by atoms with van der Waals surface area (Å²) in [5.41, 5.74) is 7.09. The number of azo groups is 1. The van der Waals surface area contributed by atoms with Crippen molar-refractivity contribution in [2.75, 3.05) is 0 Å². The van der Waals surface area contributed by atoms with Crippen molar-refractivity contribution in [1.82, 2.24) is 15.8 Å². The van der Waals surface area contributed by atoms with Gasteiger partial charge >= 0.3 is 0 Å². The van der Waals surface area contributed by atoms with Crippen molar-refractivity contribution in [3.05, 3.63) is 44.6 Å². The molecule has 1 saturated heterocycles. The number of carbonyl (C=O) groups excluding carboxylic acids is 1. The van der Waals surface area contributed by atoms with Crippen LogP contribution in [0.15, 0.2) is 45.0 Å². The number of rotatable bonds is 3. The lowest BCUT2D eigenvalue weighted by Crippen LogP contribution is -2.35. The minimum absolute atomic E-state index is 0.0790. The monoisotopic (exact) mass is 433 g/mol. The number of aromatic hydroxyl groups is 1.